The van der Waals surface area contributed by atoms with Gasteiger partial charge in [0, 0.05) is 12.8 Å². The van der Waals surface area contributed by atoms with Crippen molar-refractivity contribution in [2.24, 2.45) is 5.92 Å². The third-order valence-electron chi connectivity index (χ3n) is 2.44. The lowest BCUT2D eigenvalue weighted by molar-refractivity contribution is -0.164. The zero-order valence-electron chi connectivity index (χ0n) is 12.3. The number of rotatable bonds is 9. The Balaban J connectivity index is 0. The molecule has 0 amide bonds. The maximum Gasteiger partial charge on any atom is 0.466 e. The van der Waals surface area contributed by atoms with Crippen molar-refractivity contribution in [2.75, 3.05) is 13.1 Å². The highest BCUT2D eigenvalue weighted by atomic mass is 31.2. The summed E-state index contributed by atoms with van der Waals surface area (Å²) in [4.78, 5) is 21.6. The molecule has 0 atom stereocenters. The smallest absolute Gasteiger partial charge is 0.317 e. The highest BCUT2D eigenvalue weighted by molar-refractivity contribution is 7.45. The van der Waals surface area contributed by atoms with E-state index in [1.54, 1.807) is 0 Å². The van der Waals surface area contributed by atoms with E-state index in [0.29, 0.717) is 0 Å². The maximum atomic E-state index is 12.8. The largest absolute Gasteiger partial charge is 0.466 e. The van der Waals surface area contributed by atoms with Gasteiger partial charge in [-0.3, -0.25) is 0 Å². The molecule has 0 heterocycles. The molecule has 0 aliphatic carbocycles. The summed E-state index contributed by atoms with van der Waals surface area (Å²) in [6, 6.07) is 0. The summed E-state index contributed by atoms with van der Waals surface area (Å²) in [7, 11) is -4.64. The van der Waals surface area contributed by atoms with Gasteiger partial charge in [0.15, 0.2) is 0 Å². The summed E-state index contributed by atoms with van der Waals surface area (Å²) in [6.45, 7) is 1.30. The lowest BCUT2D eigenvalue weighted by atomic mass is 9.94. The Labute approximate surface area is 132 Å². The second kappa shape index (κ2) is 10.5. The predicted molar refractivity (Wildman–Crippen MR) is 67.4 cm³/mol. The highest BCUT2D eigenvalue weighted by Gasteiger charge is 2.47. The van der Waals surface area contributed by atoms with Crippen molar-refractivity contribution in [1.29, 1.82) is 0 Å². The molecule has 148 valence electrons. The van der Waals surface area contributed by atoms with Gasteiger partial charge >= 0.3 is 32.5 Å². The van der Waals surface area contributed by atoms with Crippen molar-refractivity contribution < 1.29 is 54.4 Å². The molecule has 0 aromatic carbocycles. The van der Waals surface area contributed by atoms with Crippen molar-refractivity contribution in [3.8, 4) is 0 Å². The van der Waals surface area contributed by atoms with Crippen molar-refractivity contribution in [3.63, 3.8) is 0 Å². The fourth-order valence-electron chi connectivity index (χ4n) is 1.51. The SMILES string of the molecule is CCNCC(CC(F)(F)C(F)F)CC(F)(F)C(F)F.O=P(O)(O)O. The Morgan fingerprint density at radius 3 is 1.42 bits per heavy atom. The molecular weight excluding hydrogens is 381 g/mol. The Morgan fingerprint density at radius 1 is 0.917 bits per heavy atom. The lowest BCUT2D eigenvalue weighted by Gasteiger charge is -2.26. The number of halogens is 8. The van der Waals surface area contributed by atoms with E-state index in [9.17, 15) is 35.1 Å². The third kappa shape index (κ3) is 13.9. The Bertz CT molecular complexity index is 363. The van der Waals surface area contributed by atoms with Gasteiger partial charge in [0.05, 0.1) is 0 Å². The monoisotopic (exact) mass is 399 g/mol. The summed E-state index contributed by atoms with van der Waals surface area (Å²) in [6.07, 6.45) is -11.2. The quantitative estimate of drug-likeness (QED) is 0.354. The van der Waals surface area contributed by atoms with E-state index in [1.165, 1.54) is 6.92 Å². The summed E-state index contributed by atoms with van der Waals surface area (Å²) in [5.41, 5.74) is 0. The predicted octanol–water partition coefficient (Wildman–Crippen LogP) is 2.86. The molecule has 0 aromatic rings. The second-order valence-corrected chi connectivity index (χ2v) is 5.75. The van der Waals surface area contributed by atoms with E-state index in [1.807, 2.05) is 0 Å². The molecule has 0 aromatic heterocycles. The van der Waals surface area contributed by atoms with E-state index < -0.39 is 57.8 Å². The number of alkyl halides is 8. The lowest BCUT2D eigenvalue weighted by Crippen LogP contribution is -2.38. The average molecular weight is 399 g/mol. The average Bonchev–Trinajstić information content (AvgIpc) is 2.32. The van der Waals surface area contributed by atoms with Gasteiger partial charge in [-0.1, -0.05) is 6.92 Å². The van der Waals surface area contributed by atoms with Crippen LogP contribution in [0.2, 0.25) is 0 Å². The Kier molecular flexibility index (Phi) is 11.3. The van der Waals surface area contributed by atoms with Crippen LogP contribution in [-0.2, 0) is 4.57 Å². The zero-order valence-corrected chi connectivity index (χ0v) is 13.2. The third-order valence-corrected chi connectivity index (χ3v) is 2.44. The molecule has 0 fully saturated rings. The highest BCUT2D eigenvalue weighted by Crippen LogP contribution is 2.37. The molecule has 0 rings (SSSR count). The van der Waals surface area contributed by atoms with Gasteiger partial charge in [-0.25, -0.2) is 39.7 Å². The molecule has 0 spiro atoms. The first-order chi connectivity index (χ1) is 10.5. The van der Waals surface area contributed by atoms with Crippen molar-refractivity contribution in [1.82, 2.24) is 5.32 Å². The first kappa shape index (κ1) is 25.7. The fourth-order valence-corrected chi connectivity index (χ4v) is 1.51. The van der Waals surface area contributed by atoms with Gasteiger partial charge in [0.2, 0.25) is 0 Å². The first-order valence-electron chi connectivity index (χ1n) is 6.33. The minimum Gasteiger partial charge on any atom is -0.317 e. The van der Waals surface area contributed by atoms with Gasteiger partial charge in [-0.2, -0.15) is 0 Å². The maximum absolute atomic E-state index is 12.8. The van der Waals surface area contributed by atoms with Gasteiger partial charge < -0.3 is 20.0 Å². The molecule has 0 saturated heterocycles. The molecule has 5 nitrogen and oxygen atoms in total. The molecule has 0 saturated carbocycles. The van der Waals surface area contributed by atoms with Crippen LogP contribution in [0.25, 0.3) is 0 Å². The Hall–Kier alpha value is -0.490. The minimum atomic E-state index is -4.64. The van der Waals surface area contributed by atoms with E-state index >= 15 is 0 Å². The molecule has 0 radical (unpaired) electrons. The summed E-state index contributed by atoms with van der Waals surface area (Å²) < 4.78 is 108. The molecular formula is C10H18F8NO4P. The van der Waals surface area contributed by atoms with Crippen LogP contribution in [0, 0.1) is 5.92 Å². The zero-order chi connectivity index (χ0) is 19.8. The van der Waals surface area contributed by atoms with Crippen molar-refractivity contribution in [2.45, 2.75) is 44.5 Å². The molecule has 0 unspecified atom stereocenters. The van der Waals surface area contributed by atoms with Gasteiger partial charge in [-0.05, 0) is 19.0 Å². The van der Waals surface area contributed by atoms with Crippen molar-refractivity contribution in [3.05, 3.63) is 0 Å². The van der Waals surface area contributed by atoms with Crippen LogP contribution < -0.4 is 5.32 Å². The molecule has 0 aliphatic heterocycles. The molecule has 0 aliphatic rings. The number of phosphoric acid groups is 1. The normalized spacial score (nSPS) is 13.5. The van der Waals surface area contributed by atoms with E-state index in [0.717, 1.165) is 0 Å². The topological polar surface area (TPSA) is 89.8 Å². The van der Waals surface area contributed by atoms with E-state index in [4.69, 9.17) is 19.2 Å². The van der Waals surface area contributed by atoms with E-state index in [-0.39, 0.29) is 6.54 Å². The van der Waals surface area contributed by atoms with Crippen LogP contribution in [0.1, 0.15) is 19.8 Å². The standard InChI is InChI=1S/C10H15F8N.H3O4P/c1-2-19-5-6(3-9(15,16)7(11)12)4-10(17,18)8(13)14;1-5(2,3)4/h6-8,19H,2-5H2,1H3;(H3,1,2,3,4). The Morgan fingerprint density at radius 2 is 1.21 bits per heavy atom. The summed E-state index contributed by atoms with van der Waals surface area (Å²) in [5.74, 6) is -10.6. The summed E-state index contributed by atoms with van der Waals surface area (Å²) >= 11 is 0. The number of nitrogens with one attached hydrogen (secondary N) is 1. The minimum absolute atomic E-state index is 0.219. The van der Waals surface area contributed by atoms with Gasteiger partial charge in [0.25, 0.3) is 0 Å². The van der Waals surface area contributed by atoms with Crippen molar-refractivity contribution >= 4 is 7.82 Å². The second-order valence-electron chi connectivity index (χ2n) is 4.72. The molecule has 4 N–H and O–H groups in total. The van der Waals surface area contributed by atoms with Crippen LogP contribution in [0.3, 0.4) is 0 Å². The number of hydrogen-bond acceptors (Lipinski definition) is 2. The van der Waals surface area contributed by atoms with Gasteiger partial charge in [-0.15, -0.1) is 0 Å². The first-order valence-corrected chi connectivity index (χ1v) is 7.90. The van der Waals surface area contributed by atoms with Crippen LogP contribution in [0.4, 0.5) is 35.1 Å². The van der Waals surface area contributed by atoms with Crippen LogP contribution in [0.5, 0.6) is 0 Å². The molecule has 14 heteroatoms. The van der Waals surface area contributed by atoms with Crippen LogP contribution in [-0.4, -0.2) is 52.5 Å². The van der Waals surface area contributed by atoms with Gasteiger partial charge in [0.1, 0.15) is 0 Å². The van der Waals surface area contributed by atoms with Crippen LogP contribution in [0.15, 0.2) is 0 Å². The molecule has 24 heavy (non-hydrogen) atoms. The van der Waals surface area contributed by atoms with E-state index in [2.05, 4.69) is 5.32 Å². The fraction of sp³-hybridized carbons (Fsp3) is 1.00. The number of hydrogen-bond donors (Lipinski definition) is 4. The van der Waals surface area contributed by atoms with Crippen LogP contribution >= 0.6 is 7.82 Å². The summed E-state index contributed by atoms with van der Waals surface area (Å²) in [5, 5.41) is 2.41. The molecule has 0 bridgehead atoms.